The molecule has 0 aliphatic carbocycles. The normalized spacial score (nSPS) is 17.1. The van der Waals surface area contributed by atoms with Crippen LogP contribution in [0, 0.1) is 5.82 Å². The second-order valence-corrected chi connectivity index (χ2v) is 10.8. The Kier molecular flexibility index (Phi) is 6.95. The number of anilines is 1. The smallest absolute Gasteiger partial charge is 0.301 e. The van der Waals surface area contributed by atoms with E-state index in [1.54, 1.807) is 54.6 Å². The SMILES string of the molecule is O=C1C(=O)N(c2nnc(SCc3ccccc3F)s2)C(c2ccc(Br)cc2)C1=C(O)c1ccncc1. The lowest BCUT2D eigenvalue weighted by atomic mass is 9.96. The summed E-state index contributed by atoms with van der Waals surface area (Å²) in [6, 6.07) is 15.8. The number of halogens is 2. The van der Waals surface area contributed by atoms with E-state index in [1.807, 2.05) is 0 Å². The van der Waals surface area contributed by atoms with Crippen molar-refractivity contribution < 1.29 is 19.1 Å². The molecule has 0 spiro atoms. The van der Waals surface area contributed by atoms with Crippen molar-refractivity contribution in [2.75, 3.05) is 4.90 Å². The molecule has 0 saturated carbocycles. The number of amides is 1. The summed E-state index contributed by atoms with van der Waals surface area (Å²) in [5, 5.41) is 19.6. The van der Waals surface area contributed by atoms with Gasteiger partial charge in [-0.1, -0.05) is 69.4 Å². The number of pyridine rings is 1. The van der Waals surface area contributed by atoms with Gasteiger partial charge in [-0.25, -0.2) is 4.39 Å². The molecule has 1 aliphatic rings. The van der Waals surface area contributed by atoms with Crippen LogP contribution in [-0.2, 0) is 15.3 Å². The second-order valence-electron chi connectivity index (χ2n) is 7.69. The number of aliphatic hydroxyl groups is 1. The maximum absolute atomic E-state index is 14.0. The minimum absolute atomic E-state index is 0.0516. The zero-order valence-corrected chi connectivity index (χ0v) is 21.6. The molecule has 4 aromatic rings. The van der Waals surface area contributed by atoms with E-state index in [9.17, 15) is 19.1 Å². The molecular weight excluding hydrogens is 567 g/mol. The van der Waals surface area contributed by atoms with Crippen LogP contribution in [0.4, 0.5) is 9.52 Å². The maximum Gasteiger partial charge on any atom is 0.301 e. The lowest BCUT2D eigenvalue weighted by Gasteiger charge is -2.22. The van der Waals surface area contributed by atoms with Gasteiger partial charge < -0.3 is 5.11 Å². The first-order chi connectivity index (χ1) is 17.4. The number of benzene rings is 2. The summed E-state index contributed by atoms with van der Waals surface area (Å²) in [7, 11) is 0. The highest BCUT2D eigenvalue weighted by molar-refractivity contribution is 9.10. The Hall–Kier alpha value is -3.41. The van der Waals surface area contributed by atoms with Gasteiger partial charge in [0.05, 0.1) is 11.6 Å². The van der Waals surface area contributed by atoms with Crippen LogP contribution in [0.25, 0.3) is 5.76 Å². The van der Waals surface area contributed by atoms with Crippen molar-refractivity contribution in [2.24, 2.45) is 0 Å². The number of rotatable bonds is 6. The fourth-order valence-electron chi connectivity index (χ4n) is 3.77. The Labute approximate surface area is 221 Å². The van der Waals surface area contributed by atoms with E-state index in [2.05, 4.69) is 31.1 Å². The van der Waals surface area contributed by atoms with Crippen molar-refractivity contribution in [2.45, 2.75) is 16.1 Å². The summed E-state index contributed by atoms with van der Waals surface area (Å²) in [5.74, 6) is -1.93. The summed E-state index contributed by atoms with van der Waals surface area (Å²) in [4.78, 5) is 31.6. The molecule has 2 aromatic heterocycles. The topological polar surface area (TPSA) is 96.3 Å². The second kappa shape index (κ2) is 10.3. The highest BCUT2D eigenvalue weighted by Gasteiger charge is 2.48. The molecule has 5 rings (SSSR count). The Morgan fingerprint density at radius 3 is 2.50 bits per heavy atom. The summed E-state index contributed by atoms with van der Waals surface area (Å²) >= 11 is 5.80. The van der Waals surface area contributed by atoms with E-state index < -0.39 is 17.7 Å². The fraction of sp³-hybridized carbons (Fsp3) is 0.0800. The highest BCUT2D eigenvalue weighted by atomic mass is 79.9. The maximum atomic E-state index is 14.0. The van der Waals surface area contributed by atoms with Gasteiger partial charge in [0.1, 0.15) is 11.6 Å². The van der Waals surface area contributed by atoms with Gasteiger partial charge in [0.2, 0.25) is 5.13 Å². The molecule has 7 nitrogen and oxygen atoms in total. The van der Waals surface area contributed by atoms with Crippen LogP contribution in [0.2, 0.25) is 0 Å². The molecule has 1 amide bonds. The van der Waals surface area contributed by atoms with Crippen LogP contribution in [-0.4, -0.2) is 32.0 Å². The average molecular weight is 583 g/mol. The van der Waals surface area contributed by atoms with E-state index in [0.717, 1.165) is 15.8 Å². The van der Waals surface area contributed by atoms with E-state index in [0.29, 0.717) is 26.8 Å². The van der Waals surface area contributed by atoms with Gasteiger partial charge in [-0.15, -0.1) is 10.2 Å². The monoisotopic (exact) mass is 582 g/mol. The minimum Gasteiger partial charge on any atom is -0.507 e. The van der Waals surface area contributed by atoms with Gasteiger partial charge in [0.15, 0.2) is 4.34 Å². The van der Waals surface area contributed by atoms with Crippen molar-refractivity contribution in [3.05, 3.63) is 106 Å². The number of hydrogen-bond acceptors (Lipinski definition) is 8. The highest BCUT2D eigenvalue weighted by Crippen LogP contribution is 2.44. The zero-order valence-electron chi connectivity index (χ0n) is 18.3. The average Bonchev–Trinajstić information content (AvgIpc) is 3.46. The predicted molar refractivity (Wildman–Crippen MR) is 139 cm³/mol. The summed E-state index contributed by atoms with van der Waals surface area (Å²) in [5.41, 5.74) is 1.45. The number of hydrogen-bond donors (Lipinski definition) is 1. The van der Waals surface area contributed by atoms with Crippen LogP contribution < -0.4 is 4.90 Å². The van der Waals surface area contributed by atoms with Crippen molar-refractivity contribution in [1.82, 2.24) is 15.2 Å². The number of nitrogens with zero attached hydrogens (tertiary/aromatic N) is 4. The standard InChI is InChI=1S/C25H16BrFN4O3S2/c26-17-7-5-14(6-8-17)20-19(21(32)15-9-11-28-12-10-15)22(33)23(34)31(20)24-29-30-25(36-24)35-13-16-3-1-2-4-18(16)27/h1-12,20,32H,13H2. The molecule has 3 heterocycles. The largest absolute Gasteiger partial charge is 0.507 e. The molecule has 0 radical (unpaired) electrons. The Morgan fingerprint density at radius 2 is 1.78 bits per heavy atom. The third kappa shape index (κ3) is 4.69. The molecule has 36 heavy (non-hydrogen) atoms. The van der Waals surface area contributed by atoms with Crippen molar-refractivity contribution in [3.63, 3.8) is 0 Å². The first kappa shape index (κ1) is 24.3. The van der Waals surface area contributed by atoms with Crippen molar-refractivity contribution in [3.8, 4) is 0 Å². The molecule has 1 fully saturated rings. The summed E-state index contributed by atoms with van der Waals surface area (Å²) < 4.78 is 15.3. The van der Waals surface area contributed by atoms with E-state index in [1.165, 1.54) is 35.1 Å². The van der Waals surface area contributed by atoms with Crippen LogP contribution in [0.3, 0.4) is 0 Å². The molecule has 2 aromatic carbocycles. The third-order valence-electron chi connectivity index (χ3n) is 5.49. The number of Topliss-reactive ketones (excluding diaryl/α,β-unsaturated/α-hetero) is 1. The Balaban J connectivity index is 1.54. The summed E-state index contributed by atoms with van der Waals surface area (Å²) in [6.07, 6.45) is 2.98. The molecule has 11 heteroatoms. The number of aromatic nitrogens is 3. The fourth-order valence-corrected chi connectivity index (χ4v) is 5.89. The van der Waals surface area contributed by atoms with Gasteiger partial charge in [-0.3, -0.25) is 19.5 Å². The quantitative estimate of drug-likeness (QED) is 0.102. The molecule has 1 N–H and O–H groups in total. The van der Waals surface area contributed by atoms with Gasteiger partial charge in [-0.05, 0) is 41.5 Å². The lowest BCUT2D eigenvalue weighted by Crippen LogP contribution is -2.29. The van der Waals surface area contributed by atoms with E-state index >= 15 is 0 Å². The zero-order chi connectivity index (χ0) is 25.2. The van der Waals surface area contributed by atoms with Gasteiger partial charge in [0, 0.05) is 28.2 Å². The molecular formula is C25H16BrFN4O3S2. The molecule has 1 aliphatic heterocycles. The van der Waals surface area contributed by atoms with Crippen molar-refractivity contribution >= 4 is 61.6 Å². The predicted octanol–water partition coefficient (Wildman–Crippen LogP) is 5.75. The molecule has 180 valence electrons. The summed E-state index contributed by atoms with van der Waals surface area (Å²) in [6.45, 7) is 0. The Morgan fingerprint density at radius 1 is 1.06 bits per heavy atom. The minimum atomic E-state index is -0.913. The van der Waals surface area contributed by atoms with Gasteiger partial charge in [-0.2, -0.15) is 0 Å². The lowest BCUT2D eigenvalue weighted by molar-refractivity contribution is -0.132. The van der Waals surface area contributed by atoms with E-state index in [-0.39, 0.29) is 22.3 Å². The molecule has 1 atom stereocenters. The third-order valence-corrected chi connectivity index (χ3v) is 8.13. The van der Waals surface area contributed by atoms with Crippen LogP contribution >= 0.6 is 39.0 Å². The molecule has 1 unspecified atom stereocenters. The van der Waals surface area contributed by atoms with Crippen LogP contribution in [0.1, 0.15) is 22.7 Å². The van der Waals surface area contributed by atoms with E-state index in [4.69, 9.17) is 0 Å². The first-order valence-corrected chi connectivity index (χ1v) is 13.2. The number of ketones is 1. The van der Waals surface area contributed by atoms with Crippen molar-refractivity contribution in [1.29, 1.82) is 0 Å². The molecule has 0 bridgehead atoms. The number of carbonyl (C=O) groups is 2. The first-order valence-electron chi connectivity index (χ1n) is 10.6. The Bertz CT molecular complexity index is 1480. The molecule has 1 saturated heterocycles. The van der Waals surface area contributed by atoms with Gasteiger partial charge >= 0.3 is 5.91 Å². The number of thioether (sulfide) groups is 1. The van der Waals surface area contributed by atoms with Crippen LogP contribution in [0.5, 0.6) is 0 Å². The number of aliphatic hydroxyl groups excluding tert-OH is 1. The van der Waals surface area contributed by atoms with Crippen LogP contribution in [0.15, 0.2) is 87.4 Å². The number of carbonyl (C=O) groups excluding carboxylic acids is 2. The van der Waals surface area contributed by atoms with Gasteiger partial charge in [0.25, 0.3) is 5.78 Å².